The summed E-state index contributed by atoms with van der Waals surface area (Å²) in [6.45, 7) is 15.8. The quantitative estimate of drug-likeness (QED) is 0.435. The van der Waals surface area contributed by atoms with E-state index in [4.69, 9.17) is 14.2 Å². The molecule has 156 valence electrons. The van der Waals surface area contributed by atoms with Crippen molar-refractivity contribution in [3.8, 4) is 11.5 Å². The van der Waals surface area contributed by atoms with Crippen LogP contribution in [0.3, 0.4) is 0 Å². The molecule has 1 atom stereocenters. The number of ether oxygens (including phenoxy) is 3. The maximum Gasteiger partial charge on any atom is 0.333 e. The zero-order valence-corrected chi connectivity index (χ0v) is 18.6. The summed E-state index contributed by atoms with van der Waals surface area (Å²) >= 11 is 0. The summed E-state index contributed by atoms with van der Waals surface area (Å²) in [5.41, 5.74) is 4.81. The lowest BCUT2D eigenvalue weighted by atomic mass is 9.77. The van der Waals surface area contributed by atoms with Crippen LogP contribution >= 0.6 is 0 Å². The van der Waals surface area contributed by atoms with E-state index in [1.165, 1.54) is 11.1 Å². The Morgan fingerprint density at radius 1 is 1.03 bits per heavy atom. The van der Waals surface area contributed by atoms with Crippen LogP contribution in [0.25, 0.3) is 0 Å². The maximum atomic E-state index is 11.6. The Balaban J connectivity index is 2.14. The molecule has 0 spiro atoms. The van der Waals surface area contributed by atoms with Gasteiger partial charge >= 0.3 is 5.97 Å². The summed E-state index contributed by atoms with van der Waals surface area (Å²) in [5.74, 6) is 1.28. The van der Waals surface area contributed by atoms with Crippen LogP contribution < -0.4 is 9.47 Å². The molecule has 0 bridgehead atoms. The number of carbonyl (C=O) groups is 1. The van der Waals surface area contributed by atoms with Gasteiger partial charge in [-0.05, 0) is 62.1 Å². The van der Waals surface area contributed by atoms with Gasteiger partial charge in [0.1, 0.15) is 24.2 Å². The lowest BCUT2D eigenvalue weighted by molar-refractivity contribution is -0.144. The number of aryl methyl sites for hydroxylation is 2. The molecule has 1 unspecified atom stereocenters. The van der Waals surface area contributed by atoms with Crippen LogP contribution in [0.1, 0.15) is 49.9 Å². The third-order valence-electron chi connectivity index (χ3n) is 5.14. The summed E-state index contributed by atoms with van der Waals surface area (Å²) in [7, 11) is 1.69. The minimum atomic E-state index is -0.398. The van der Waals surface area contributed by atoms with Crippen molar-refractivity contribution in [1.29, 1.82) is 0 Å². The molecule has 4 nitrogen and oxygen atoms in total. The Kier molecular flexibility index (Phi) is 7.12. The van der Waals surface area contributed by atoms with Crippen molar-refractivity contribution < 1.29 is 19.0 Å². The number of hydrogen-bond donors (Lipinski definition) is 0. The van der Waals surface area contributed by atoms with Gasteiger partial charge in [-0.15, -0.1) is 0 Å². The molecule has 2 aromatic rings. The van der Waals surface area contributed by atoms with Crippen LogP contribution in [-0.2, 0) is 14.9 Å². The maximum absolute atomic E-state index is 11.6. The SMILES string of the molecule is C=C(C)C(=O)OC(C)COc1ccc(C(C)(C)c2ccc(OC)c(C)c2)cc1C. The second-order valence-electron chi connectivity index (χ2n) is 8.10. The molecule has 29 heavy (non-hydrogen) atoms. The predicted molar refractivity (Wildman–Crippen MR) is 117 cm³/mol. The highest BCUT2D eigenvalue weighted by Crippen LogP contribution is 2.35. The highest BCUT2D eigenvalue weighted by Gasteiger charge is 2.24. The molecular weight excluding hydrogens is 364 g/mol. The van der Waals surface area contributed by atoms with Crippen molar-refractivity contribution in [1.82, 2.24) is 0 Å². The second-order valence-corrected chi connectivity index (χ2v) is 8.10. The third-order valence-corrected chi connectivity index (χ3v) is 5.14. The highest BCUT2D eigenvalue weighted by molar-refractivity contribution is 5.87. The highest BCUT2D eigenvalue weighted by atomic mass is 16.6. The largest absolute Gasteiger partial charge is 0.496 e. The number of esters is 1. The van der Waals surface area contributed by atoms with E-state index in [2.05, 4.69) is 51.6 Å². The fraction of sp³-hybridized carbons (Fsp3) is 0.400. The molecule has 0 aliphatic rings. The first-order valence-electron chi connectivity index (χ1n) is 9.81. The average molecular weight is 397 g/mol. The molecule has 0 aliphatic heterocycles. The van der Waals surface area contributed by atoms with Crippen molar-refractivity contribution >= 4 is 5.97 Å². The Morgan fingerprint density at radius 3 is 2.00 bits per heavy atom. The van der Waals surface area contributed by atoms with Crippen LogP contribution in [0.15, 0.2) is 48.6 Å². The smallest absolute Gasteiger partial charge is 0.333 e. The summed E-state index contributed by atoms with van der Waals surface area (Å²) < 4.78 is 16.5. The minimum Gasteiger partial charge on any atom is -0.496 e. The third kappa shape index (κ3) is 5.41. The molecule has 2 rings (SSSR count). The topological polar surface area (TPSA) is 44.8 Å². The van der Waals surface area contributed by atoms with Gasteiger partial charge in [0.15, 0.2) is 0 Å². The van der Waals surface area contributed by atoms with E-state index in [0.29, 0.717) is 12.2 Å². The van der Waals surface area contributed by atoms with E-state index in [0.717, 1.165) is 22.6 Å². The standard InChI is InChI=1S/C25H32O4/c1-16(2)24(26)29-19(5)15-28-23-12-10-21(14-18(23)4)25(6,7)20-9-11-22(27-8)17(3)13-20/h9-14,19H,1,15H2,2-8H3. The molecule has 0 saturated heterocycles. The van der Waals surface area contributed by atoms with Gasteiger partial charge in [-0.25, -0.2) is 4.79 Å². The Morgan fingerprint density at radius 2 is 1.55 bits per heavy atom. The van der Waals surface area contributed by atoms with Crippen molar-refractivity contribution in [3.63, 3.8) is 0 Å². The lowest BCUT2D eigenvalue weighted by Crippen LogP contribution is -2.22. The molecule has 4 heteroatoms. The molecule has 2 aromatic carbocycles. The van der Waals surface area contributed by atoms with Crippen LogP contribution in [0.2, 0.25) is 0 Å². The minimum absolute atomic E-state index is 0.162. The molecule has 0 aliphatic carbocycles. The summed E-state index contributed by atoms with van der Waals surface area (Å²) in [6, 6.07) is 12.5. The number of carbonyl (C=O) groups excluding carboxylic acids is 1. The van der Waals surface area contributed by atoms with Gasteiger partial charge in [0.2, 0.25) is 0 Å². The second kappa shape index (κ2) is 9.17. The zero-order chi connectivity index (χ0) is 21.8. The van der Waals surface area contributed by atoms with Crippen molar-refractivity contribution in [2.45, 2.75) is 53.1 Å². The van der Waals surface area contributed by atoms with E-state index in [9.17, 15) is 4.79 Å². The molecule has 0 aromatic heterocycles. The lowest BCUT2D eigenvalue weighted by Gasteiger charge is -2.28. The fourth-order valence-electron chi connectivity index (χ4n) is 3.16. The number of rotatable bonds is 8. The summed E-state index contributed by atoms with van der Waals surface area (Å²) in [6.07, 6.45) is -0.350. The Hall–Kier alpha value is -2.75. The van der Waals surface area contributed by atoms with Crippen LogP contribution in [0.5, 0.6) is 11.5 Å². The number of methoxy groups -OCH3 is 1. The van der Waals surface area contributed by atoms with Crippen LogP contribution in [0.4, 0.5) is 0 Å². The fourth-order valence-corrected chi connectivity index (χ4v) is 3.16. The van der Waals surface area contributed by atoms with Gasteiger partial charge in [-0.1, -0.05) is 44.7 Å². The monoisotopic (exact) mass is 396 g/mol. The molecule has 0 fully saturated rings. The van der Waals surface area contributed by atoms with Gasteiger partial charge in [0.05, 0.1) is 7.11 Å². The van der Waals surface area contributed by atoms with Gasteiger partial charge in [-0.2, -0.15) is 0 Å². The van der Waals surface area contributed by atoms with Crippen molar-refractivity contribution in [2.24, 2.45) is 0 Å². The van der Waals surface area contributed by atoms with Gasteiger partial charge in [-0.3, -0.25) is 0 Å². The van der Waals surface area contributed by atoms with E-state index in [1.54, 1.807) is 21.0 Å². The van der Waals surface area contributed by atoms with Gasteiger partial charge in [0, 0.05) is 11.0 Å². The van der Waals surface area contributed by atoms with Crippen molar-refractivity contribution in [3.05, 3.63) is 70.8 Å². The molecule has 0 saturated carbocycles. The van der Waals surface area contributed by atoms with Crippen LogP contribution in [-0.4, -0.2) is 25.8 Å². The van der Waals surface area contributed by atoms with Crippen LogP contribution in [0, 0.1) is 13.8 Å². The molecule has 0 N–H and O–H groups in total. The van der Waals surface area contributed by atoms with E-state index >= 15 is 0 Å². The molecule has 0 amide bonds. The summed E-state index contributed by atoms with van der Waals surface area (Å²) in [5, 5.41) is 0. The average Bonchev–Trinajstić information content (AvgIpc) is 2.66. The first kappa shape index (κ1) is 22.5. The number of hydrogen-bond acceptors (Lipinski definition) is 4. The van der Waals surface area contributed by atoms with E-state index in [1.807, 2.05) is 19.1 Å². The number of benzene rings is 2. The van der Waals surface area contributed by atoms with E-state index < -0.39 is 5.97 Å². The van der Waals surface area contributed by atoms with Crippen molar-refractivity contribution in [2.75, 3.05) is 13.7 Å². The van der Waals surface area contributed by atoms with Gasteiger partial charge in [0.25, 0.3) is 0 Å². The normalized spacial score (nSPS) is 12.2. The molecule has 0 radical (unpaired) electrons. The molecule has 0 heterocycles. The first-order chi connectivity index (χ1) is 13.6. The van der Waals surface area contributed by atoms with E-state index in [-0.39, 0.29) is 11.5 Å². The Bertz CT molecular complexity index is 896. The first-order valence-corrected chi connectivity index (χ1v) is 9.81. The Labute approximate surface area is 174 Å². The zero-order valence-electron chi connectivity index (χ0n) is 18.6. The summed E-state index contributed by atoms with van der Waals surface area (Å²) in [4.78, 5) is 11.6. The predicted octanol–water partition coefficient (Wildman–Crippen LogP) is 5.52. The molecular formula is C25H32O4. The van der Waals surface area contributed by atoms with Gasteiger partial charge < -0.3 is 14.2 Å².